The predicted octanol–water partition coefficient (Wildman–Crippen LogP) is 3.85. The molecule has 0 radical (unpaired) electrons. The van der Waals surface area contributed by atoms with Gasteiger partial charge in [-0.2, -0.15) is 22.3 Å². The SMILES string of the molecule is C.COCCN(C)S(=O)(=O)N1Cc2cc(C#N)ccc2N(Cc2cccnc2)C[C@H]1Cc1ccccc1. The van der Waals surface area contributed by atoms with E-state index in [1.807, 2.05) is 54.7 Å². The Hall–Kier alpha value is -3.29. The molecule has 0 saturated heterocycles. The lowest BCUT2D eigenvalue weighted by atomic mass is 10.1. The number of aromatic nitrogens is 1. The Balaban J connectivity index is 0.00000380. The molecule has 2 aromatic carbocycles. The molecule has 37 heavy (non-hydrogen) atoms. The molecular formula is C28H35N5O3S. The van der Waals surface area contributed by atoms with Crippen LogP contribution in [0.5, 0.6) is 0 Å². The fourth-order valence-corrected chi connectivity index (χ4v) is 6.01. The first-order valence-corrected chi connectivity index (χ1v) is 13.2. The third-order valence-corrected chi connectivity index (χ3v) is 8.42. The van der Waals surface area contributed by atoms with E-state index in [4.69, 9.17) is 4.74 Å². The summed E-state index contributed by atoms with van der Waals surface area (Å²) in [5.41, 5.74) is 4.32. The van der Waals surface area contributed by atoms with E-state index >= 15 is 0 Å². The summed E-state index contributed by atoms with van der Waals surface area (Å²) in [4.78, 5) is 6.46. The summed E-state index contributed by atoms with van der Waals surface area (Å²) < 4.78 is 35.8. The van der Waals surface area contributed by atoms with Crippen LogP contribution in [0.4, 0.5) is 5.69 Å². The second-order valence-corrected chi connectivity index (χ2v) is 10.9. The molecule has 0 fully saturated rings. The molecule has 196 valence electrons. The fourth-order valence-electron chi connectivity index (χ4n) is 4.53. The maximum absolute atomic E-state index is 13.9. The molecule has 0 saturated carbocycles. The highest BCUT2D eigenvalue weighted by atomic mass is 32.2. The molecule has 2 heterocycles. The van der Waals surface area contributed by atoms with Gasteiger partial charge < -0.3 is 9.64 Å². The second-order valence-electron chi connectivity index (χ2n) is 8.91. The Morgan fingerprint density at radius 3 is 2.57 bits per heavy atom. The highest BCUT2D eigenvalue weighted by Gasteiger charge is 2.37. The zero-order valence-electron chi connectivity index (χ0n) is 20.6. The Bertz CT molecular complexity index is 1300. The van der Waals surface area contributed by atoms with Crippen LogP contribution in [0.25, 0.3) is 0 Å². The molecule has 0 unspecified atom stereocenters. The predicted molar refractivity (Wildman–Crippen MR) is 146 cm³/mol. The third kappa shape index (κ3) is 6.73. The number of likely N-dealkylation sites (N-methyl/N-ethyl adjacent to an activating group) is 1. The minimum atomic E-state index is -3.82. The van der Waals surface area contributed by atoms with Crippen LogP contribution in [0.1, 0.15) is 29.7 Å². The topological polar surface area (TPSA) is 89.8 Å². The summed E-state index contributed by atoms with van der Waals surface area (Å²) in [6.45, 7) is 1.78. The summed E-state index contributed by atoms with van der Waals surface area (Å²) >= 11 is 0. The average Bonchev–Trinajstić information content (AvgIpc) is 3.05. The standard InChI is InChI=1S/C27H31N5O3S.CH4/c1-30(13-14-35-2)36(33,34)32-20-25-15-23(17-28)10-11-27(25)31(19-24-9-6-12-29-18-24)21-26(32)16-22-7-4-3-5-8-22;/h3-12,15,18,26H,13-14,16,19-21H2,1-2H3;1H4/t26-;/m1./s1. The van der Waals surface area contributed by atoms with E-state index < -0.39 is 10.2 Å². The minimum absolute atomic E-state index is 0. The summed E-state index contributed by atoms with van der Waals surface area (Å²) in [6.07, 6.45) is 4.12. The van der Waals surface area contributed by atoms with Gasteiger partial charge in [-0.3, -0.25) is 4.98 Å². The van der Waals surface area contributed by atoms with Crippen molar-refractivity contribution in [3.05, 3.63) is 95.3 Å². The van der Waals surface area contributed by atoms with Crippen molar-refractivity contribution in [3.63, 3.8) is 0 Å². The summed E-state index contributed by atoms with van der Waals surface area (Å²) in [5.74, 6) is 0. The molecule has 4 rings (SSSR count). The molecule has 9 heteroatoms. The number of pyridine rings is 1. The monoisotopic (exact) mass is 521 g/mol. The van der Waals surface area contributed by atoms with Gasteiger partial charge in [0.15, 0.2) is 0 Å². The van der Waals surface area contributed by atoms with Crippen molar-refractivity contribution in [3.8, 4) is 6.07 Å². The van der Waals surface area contributed by atoms with Crippen molar-refractivity contribution < 1.29 is 13.2 Å². The Labute approximate surface area is 220 Å². The zero-order valence-corrected chi connectivity index (χ0v) is 21.4. The van der Waals surface area contributed by atoms with Gasteiger partial charge in [0.25, 0.3) is 10.2 Å². The molecule has 0 bridgehead atoms. The van der Waals surface area contributed by atoms with Crippen LogP contribution in [0, 0.1) is 11.3 Å². The smallest absolute Gasteiger partial charge is 0.282 e. The lowest BCUT2D eigenvalue weighted by molar-refractivity contribution is 0.180. The lowest BCUT2D eigenvalue weighted by Crippen LogP contribution is -2.50. The summed E-state index contributed by atoms with van der Waals surface area (Å²) in [5, 5.41) is 9.54. The largest absolute Gasteiger partial charge is 0.383 e. The quantitative estimate of drug-likeness (QED) is 0.425. The van der Waals surface area contributed by atoms with Gasteiger partial charge in [0.05, 0.1) is 18.2 Å². The molecule has 1 atom stereocenters. The number of ether oxygens (including phenoxy) is 1. The Morgan fingerprint density at radius 1 is 1.14 bits per heavy atom. The number of hydrogen-bond acceptors (Lipinski definition) is 6. The van der Waals surface area contributed by atoms with Crippen LogP contribution in [0.15, 0.2) is 73.1 Å². The molecule has 0 amide bonds. The average molecular weight is 522 g/mol. The number of methoxy groups -OCH3 is 1. The molecule has 1 aliphatic rings. The van der Waals surface area contributed by atoms with Crippen molar-refractivity contribution in [2.75, 3.05) is 38.8 Å². The van der Waals surface area contributed by atoms with Gasteiger partial charge in [-0.15, -0.1) is 0 Å². The van der Waals surface area contributed by atoms with Gasteiger partial charge in [-0.1, -0.05) is 43.8 Å². The molecule has 0 spiro atoms. The molecule has 0 N–H and O–H groups in total. The molecule has 0 aliphatic carbocycles. The molecule has 1 aromatic heterocycles. The number of rotatable bonds is 9. The maximum Gasteiger partial charge on any atom is 0.282 e. The van der Waals surface area contributed by atoms with E-state index in [9.17, 15) is 13.7 Å². The van der Waals surface area contributed by atoms with E-state index in [1.54, 1.807) is 36.8 Å². The van der Waals surface area contributed by atoms with Crippen LogP contribution in [0.3, 0.4) is 0 Å². The van der Waals surface area contributed by atoms with Crippen LogP contribution in [0.2, 0.25) is 0 Å². The third-order valence-electron chi connectivity index (χ3n) is 6.42. The maximum atomic E-state index is 13.9. The van der Waals surface area contributed by atoms with E-state index in [0.29, 0.717) is 31.7 Å². The van der Waals surface area contributed by atoms with Crippen molar-refractivity contribution >= 4 is 15.9 Å². The minimum Gasteiger partial charge on any atom is -0.383 e. The highest BCUT2D eigenvalue weighted by Crippen LogP contribution is 2.32. The number of hydrogen-bond donors (Lipinski definition) is 0. The first-order valence-electron chi connectivity index (χ1n) is 11.8. The molecule has 1 aliphatic heterocycles. The van der Waals surface area contributed by atoms with E-state index in [-0.39, 0.29) is 26.6 Å². The van der Waals surface area contributed by atoms with Gasteiger partial charge in [0, 0.05) is 64.5 Å². The van der Waals surface area contributed by atoms with E-state index in [0.717, 1.165) is 22.4 Å². The van der Waals surface area contributed by atoms with Gasteiger partial charge in [-0.25, -0.2) is 0 Å². The Kier molecular flexibility index (Phi) is 9.78. The zero-order chi connectivity index (χ0) is 25.5. The number of nitrogens with zero attached hydrogens (tertiary/aromatic N) is 5. The summed E-state index contributed by atoms with van der Waals surface area (Å²) in [6, 6.07) is 21.2. The highest BCUT2D eigenvalue weighted by molar-refractivity contribution is 7.86. The number of fused-ring (bicyclic) bond motifs is 1. The first-order chi connectivity index (χ1) is 17.4. The van der Waals surface area contributed by atoms with E-state index in [2.05, 4.69) is 16.0 Å². The second kappa shape index (κ2) is 12.8. The van der Waals surface area contributed by atoms with Crippen molar-refractivity contribution in [1.82, 2.24) is 13.6 Å². The number of nitriles is 1. The summed E-state index contributed by atoms with van der Waals surface area (Å²) in [7, 11) is -0.682. The van der Waals surface area contributed by atoms with Crippen molar-refractivity contribution in [1.29, 1.82) is 5.26 Å². The number of benzene rings is 2. The van der Waals surface area contributed by atoms with E-state index in [1.165, 1.54) is 4.31 Å². The van der Waals surface area contributed by atoms with Crippen LogP contribution in [-0.4, -0.2) is 61.9 Å². The number of anilines is 1. The van der Waals surface area contributed by atoms with Crippen molar-refractivity contribution in [2.45, 2.75) is 33.0 Å². The van der Waals surface area contributed by atoms with Gasteiger partial charge in [0.2, 0.25) is 0 Å². The fraction of sp³-hybridized carbons (Fsp3) is 0.357. The Morgan fingerprint density at radius 2 is 1.89 bits per heavy atom. The van der Waals surface area contributed by atoms with Crippen molar-refractivity contribution in [2.24, 2.45) is 0 Å². The molecule has 8 nitrogen and oxygen atoms in total. The van der Waals surface area contributed by atoms with Gasteiger partial charge in [-0.05, 0) is 47.4 Å². The first kappa shape index (κ1) is 28.3. The van der Waals surface area contributed by atoms with Crippen LogP contribution >= 0.6 is 0 Å². The van der Waals surface area contributed by atoms with Gasteiger partial charge in [0.1, 0.15) is 0 Å². The normalized spacial score (nSPS) is 15.9. The van der Waals surface area contributed by atoms with Crippen LogP contribution in [-0.2, 0) is 34.5 Å². The lowest BCUT2D eigenvalue weighted by Gasteiger charge is -2.34. The molecule has 3 aromatic rings. The van der Waals surface area contributed by atoms with Gasteiger partial charge >= 0.3 is 0 Å². The van der Waals surface area contributed by atoms with Crippen LogP contribution < -0.4 is 4.90 Å². The molecular weight excluding hydrogens is 486 g/mol.